The van der Waals surface area contributed by atoms with Crippen LogP contribution in [0.2, 0.25) is 0 Å². The number of hydrogen-bond donors (Lipinski definition) is 0. The maximum Gasteiger partial charge on any atom is 0.273 e. The second-order valence-corrected chi connectivity index (χ2v) is 9.25. The van der Waals surface area contributed by atoms with Gasteiger partial charge in [-0.1, -0.05) is 0 Å². The molecular weight excluding hydrogens is 372 g/mol. The molecule has 2 saturated heterocycles. The number of fused-ring (bicyclic) bond motifs is 1. The monoisotopic (exact) mass is 398 g/mol. The average Bonchev–Trinajstić information content (AvgIpc) is 3.29. The standard InChI is InChI=1S/C21H26N4O2S/c1-23-9-3-5-18(23)21(27)24-11-8-17-15(12-24)4-2-10-25(17)20(26)16-13-28-19(22-16)14-6-7-14/h3,5,9,13-15,17H,2,4,6-8,10-12H2,1H3. The van der Waals surface area contributed by atoms with Gasteiger partial charge >= 0.3 is 0 Å². The highest BCUT2D eigenvalue weighted by atomic mass is 32.1. The summed E-state index contributed by atoms with van der Waals surface area (Å²) >= 11 is 1.63. The van der Waals surface area contributed by atoms with Crippen LogP contribution in [0.1, 0.15) is 64.0 Å². The number of hydrogen-bond acceptors (Lipinski definition) is 4. The van der Waals surface area contributed by atoms with Crippen molar-refractivity contribution in [1.29, 1.82) is 0 Å². The zero-order chi connectivity index (χ0) is 19.3. The number of rotatable bonds is 3. The molecule has 2 amide bonds. The molecule has 0 aromatic carbocycles. The van der Waals surface area contributed by atoms with Gasteiger partial charge in [0.15, 0.2) is 0 Å². The molecule has 28 heavy (non-hydrogen) atoms. The van der Waals surface area contributed by atoms with Gasteiger partial charge in [-0.25, -0.2) is 4.98 Å². The van der Waals surface area contributed by atoms with Crippen molar-refractivity contribution in [2.24, 2.45) is 13.0 Å². The van der Waals surface area contributed by atoms with Crippen molar-refractivity contribution in [1.82, 2.24) is 19.4 Å². The first-order chi connectivity index (χ1) is 13.6. The van der Waals surface area contributed by atoms with Crippen LogP contribution in [0.4, 0.5) is 0 Å². The van der Waals surface area contributed by atoms with Gasteiger partial charge in [0.25, 0.3) is 11.8 Å². The van der Waals surface area contributed by atoms with Gasteiger partial charge in [-0.05, 0) is 50.2 Å². The third-order valence-electron chi connectivity index (χ3n) is 6.45. The molecule has 2 atom stereocenters. The van der Waals surface area contributed by atoms with E-state index in [0.29, 0.717) is 24.1 Å². The van der Waals surface area contributed by atoms with Crippen LogP contribution >= 0.6 is 11.3 Å². The Morgan fingerprint density at radius 2 is 2.00 bits per heavy atom. The lowest BCUT2D eigenvalue weighted by Crippen LogP contribution is -2.56. The molecule has 0 N–H and O–H groups in total. The topological polar surface area (TPSA) is 58.4 Å². The van der Waals surface area contributed by atoms with Crippen LogP contribution in [0.25, 0.3) is 0 Å². The highest BCUT2D eigenvalue weighted by Gasteiger charge is 2.40. The van der Waals surface area contributed by atoms with Crippen molar-refractivity contribution in [3.63, 3.8) is 0 Å². The predicted molar refractivity (Wildman–Crippen MR) is 108 cm³/mol. The molecule has 3 fully saturated rings. The number of thiazole rings is 1. The van der Waals surface area contributed by atoms with Crippen molar-refractivity contribution in [3.8, 4) is 0 Å². The number of nitrogens with zero attached hydrogens (tertiary/aromatic N) is 4. The van der Waals surface area contributed by atoms with Crippen molar-refractivity contribution < 1.29 is 9.59 Å². The summed E-state index contributed by atoms with van der Waals surface area (Å²) < 4.78 is 1.88. The van der Waals surface area contributed by atoms with Gasteiger partial charge in [0, 0.05) is 50.2 Å². The van der Waals surface area contributed by atoms with Crippen LogP contribution in [0.15, 0.2) is 23.7 Å². The van der Waals surface area contributed by atoms with Crippen LogP contribution in [0.3, 0.4) is 0 Å². The molecule has 3 aliphatic rings. The van der Waals surface area contributed by atoms with Gasteiger partial charge < -0.3 is 14.4 Å². The lowest BCUT2D eigenvalue weighted by molar-refractivity contribution is 0.0191. The fourth-order valence-electron chi connectivity index (χ4n) is 4.74. The summed E-state index contributed by atoms with van der Waals surface area (Å²) in [6.45, 7) is 2.25. The zero-order valence-electron chi connectivity index (χ0n) is 16.2. The number of amides is 2. The Morgan fingerprint density at radius 1 is 1.14 bits per heavy atom. The molecule has 7 heteroatoms. The number of aromatic nitrogens is 2. The lowest BCUT2D eigenvalue weighted by atomic mass is 9.83. The van der Waals surface area contributed by atoms with Crippen molar-refractivity contribution in [2.45, 2.75) is 44.1 Å². The fraction of sp³-hybridized carbons (Fsp3) is 0.571. The highest BCUT2D eigenvalue weighted by Crippen LogP contribution is 2.41. The average molecular weight is 399 g/mol. The number of aryl methyl sites for hydroxylation is 1. The summed E-state index contributed by atoms with van der Waals surface area (Å²) in [4.78, 5) is 34.7. The van der Waals surface area contributed by atoms with Crippen molar-refractivity contribution in [2.75, 3.05) is 19.6 Å². The SMILES string of the molecule is Cn1cccc1C(=O)N1CCC2C(CCCN2C(=O)c2csc(C3CC3)n2)C1. The molecule has 2 unspecified atom stereocenters. The maximum atomic E-state index is 13.1. The van der Waals surface area contributed by atoms with E-state index >= 15 is 0 Å². The van der Waals surface area contributed by atoms with Crippen molar-refractivity contribution >= 4 is 23.2 Å². The predicted octanol–water partition coefficient (Wildman–Crippen LogP) is 3.13. The molecule has 4 heterocycles. The quantitative estimate of drug-likeness (QED) is 0.798. The Hall–Kier alpha value is -2.15. The Labute approximate surface area is 169 Å². The molecule has 0 radical (unpaired) electrons. The van der Waals surface area contributed by atoms with E-state index in [1.807, 2.05) is 45.1 Å². The Kier molecular flexibility index (Phi) is 4.50. The summed E-state index contributed by atoms with van der Waals surface area (Å²) in [6.07, 6.45) is 7.26. The maximum absolute atomic E-state index is 13.1. The molecule has 2 aliphatic heterocycles. The molecule has 0 bridgehead atoms. The van der Waals surface area contributed by atoms with Gasteiger partial charge in [-0.2, -0.15) is 0 Å². The molecule has 0 spiro atoms. The van der Waals surface area contributed by atoms with E-state index in [9.17, 15) is 9.59 Å². The molecule has 1 aliphatic carbocycles. The van der Waals surface area contributed by atoms with Gasteiger partial charge in [0.1, 0.15) is 11.4 Å². The highest BCUT2D eigenvalue weighted by molar-refractivity contribution is 7.10. The first-order valence-corrected chi connectivity index (χ1v) is 11.2. The number of carbonyl (C=O) groups is 2. The molecule has 148 valence electrons. The van der Waals surface area contributed by atoms with Crippen LogP contribution in [-0.4, -0.2) is 56.8 Å². The van der Waals surface area contributed by atoms with Crippen LogP contribution in [0, 0.1) is 5.92 Å². The van der Waals surface area contributed by atoms with E-state index in [1.165, 1.54) is 12.8 Å². The summed E-state index contributed by atoms with van der Waals surface area (Å²) in [7, 11) is 1.91. The molecule has 2 aromatic rings. The molecule has 2 aromatic heterocycles. The smallest absolute Gasteiger partial charge is 0.273 e. The van der Waals surface area contributed by atoms with Gasteiger partial charge in [0.05, 0.1) is 5.01 Å². The van der Waals surface area contributed by atoms with E-state index in [4.69, 9.17) is 0 Å². The first kappa shape index (κ1) is 17.9. The van der Waals surface area contributed by atoms with E-state index in [0.717, 1.165) is 43.1 Å². The van der Waals surface area contributed by atoms with Gasteiger partial charge in [0.2, 0.25) is 0 Å². The Morgan fingerprint density at radius 3 is 2.75 bits per heavy atom. The van der Waals surface area contributed by atoms with E-state index < -0.39 is 0 Å². The van der Waals surface area contributed by atoms with Crippen LogP contribution < -0.4 is 0 Å². The second kappa shape index (κ2) is 7.03. The van der Waals surface area contributed by atoms with Crippen LogP contribution in [0.5, 0.6) is 0 Å². The minimum atomic E-state index is 0.0834. The Balaban J connectivity index is 1.29. The minimum absolute atomic E-state index is 0.0834. The minimum Gasteiger partial charge on any atom is -0.347 e. The third kappa shape index (κ3) is 3.15. The number of likely N-dealkylation sites (tertiary alicyclic amines) is 2. The van der Waals surface area contributed by atoms with Gasteiger partial charge in [-0.3, -0.25) is 9.59 Å². The molecule has 5 rings (SSSR count). The fourth-order valence-corrected chi connectivity index (χ4v) is 5.70. The summed E-state index contributed by atoms with van der Waals surface area (Å²) in [5.41, 5.74) is 1.35. The summed E-state index contributed by atoms with van der Waals surface area (Å²) in [5, 5.41) is 3.06. The lowest BCUT2D eigenvalue weighted by Gasteiger charge is -2.47. The summed E-state index contributed by atoms with van der Waals surface area (Å²) in [5.74, 6) is 1.13. The molecule has 6 nitrogen and oxygen atoms in total. The molecular formula is C21H26N4O2S. The summed E-state index contributed by atoms with van der Waals surface area (Å²) in [6, 6.07) is 4.01. The largest absolute Gasteiger partial charge is 0.347 e. The zero-order valence-corrected chi connectivity index (χ0v) is 17.0. The number of carbonyl (C=O) groups excluding carboxylic acids is 2. The van der Waals surface area contributed by atoms with Gasteiger partial charge in [-0.15, -0.1) is 11.3 Å². The van der Waals surface area contributed by atoms with Crippen LogP contribution in [-0.2, 0) is 7.05 Å². The molecule has 1 saturated carbocycles. The normalized spacial score (nSPS) is 24.9. The van der Waals surface area contributed by atoms with E-state index in [1.54, 1.807) is 11.3 Å². The van der Waals surface area contributed by atoms with Crippen molar-refractivity contribution in [3.05, 3.63) is 40.1 Å². The second-order valence-electron chi connectivity index (χ2n) is 8.36. The van der Waals surface area contributed by atoms with E-state index in [2.05, 4.69) is 4.98 Å². The first-order valence-electron chi connectivity index (χ1n) is 10.3. The number of piperidine rings is 2. The Bertz CT molecular complexity index is 900. The van der Waals surface area contributed by atoms with E-state index in [-0.39, 0.29) is 17.9 Å². The third-order valence-corrected chi connectivity index (χ3v) is 7.45.